The molecule has 4 aromatic rings. The SMILES string of the molecule is CNCCc1cn(S(=O)(O)=c2oc3ccccc3[nH]c2=O)c2cccnc12. The maximum absolute atomic E-state index is 13.3. The van der Waals surface area contributed by atoms with Gasteiger partial charge in [0.05, 0.1) is 16.6 Å². The number of pyridine rings is 1. The molecule has 4 rings (SSSR count). The first-order valence-electron chi connectivity index (χ1n) is 8.34. The van der Waals surface area contributed by atoms with Crippen LogP contribution in [0.5, 0.6) is 0 Å². The Morgan fingerprint density at radius 2 is 2.11 bits per heavy atom. The van der Waals surface area contributed by atoms with Crippen molar-refractivity contribution in [3.8, 4) is 0 Å². The fourth-order valence-corrected chi connectivity index (χ4v) is 4.34. The zero-order valence-electron chi connectivity index (χ0n) is 14.5. The molecule has 3 heterocycles. The van der Waals surface area contributed by atoms with Gasteiger partial charge in [-0.05, 0) is 49.8 Å². The molecule has 27 heavy (non-hydrogen) atoms. The highest BCUT2D eigenvalue weighted by Gasteiger charge is 2.19. The van der Waals surface area contributed by atoms with E-state index in [2.05, 4.69) is 15.3 Å². The molecule has 140 valence electrons. The van der Waals surface area contributed by atoms with Crippen molar-refractivity contribution in [3.05, 3.63) is 69.4 Å². The summed E-state index contributed by atoms with van der Waals surface area (Å²) in [6.45, 7) is 0.684. The van der Waals surface area contributed by atoms with Crippen molar-refractivity contribution in [1.29, 1.82) is 0 Å². The van der Waals surface area contributed by atoms with Crippen molar-refractivity contribution in [2.75, 3.05) is 13.6 Å². The number of benzene rings is 1. The summed E-state index contributed by atoms with van der Waals surface area (Å²) in [5.74, 6) is 0. The fraction of sp³-hybridized carbons (Fsp3) is 0.167. The predicted molar refractivity (Wildman–Crippen MR) is 104 cm³/mol. The lowest BCUT2D eigenvalue weighted by Gasteiger charge is -2.06. The van der Waals surface area contributed by atoms with Gasteiger partial charge in [0.2, 0.25) is 9.99 Å². The summed E-state index contributed by atoms with van der Waals surface area (Å²) >= 11 is 0. The van der Waals surface area contributed by atoms with Crippen LogP contribution in [0, 0.1) is 4.71 Å². The highest BCUT2D eigenvalue weighted by atomic mass is 32.2. The van der Waals surface area contributed by atoms with Crippen LogP contribution < -0.4 is 10.9 Å². The molecule has 0 spiro atoms. The third-order valence-corrected chi connectivity index (χ3v) is 5.86. The number of aromatic nitrogens is 3. The van der Waals surface area contributed by atoms with E-state index in [-0.39, 0.29) is 0 Å². The van der Waals surface area contributed by atoms with Crippen molar-refractivity contribution < 1.29 is 13.2 Å². The third kappa shape index (κ3) is 2.95. The largest absolute Gasteiger partial charge is 0.438 e. The Bertz CT molecular complexity index is 1360. The van der Waals surface area contributed by atoms with Crippen LogP contribution in [-0.4, -0.2) is 36.3 Å². The van der Waals surface area contributed by atoms with E-state index >= 15 is 0 Å². The molecule has 0 aliphatic carbocycles. The topological polar surface area (TPSA) is 113 Å². The van der Waals surface area contributed by atoms with E-state index in [1.807, 2.05) is 7.05 Å². The summed E-state index contributed by atoms with van der Waals surface area (Å²) in [6.07, 6.45) is 3.81. The Labute approximate surface area is 154 Å². The minimum Gasteiger partial charge on any atom is -0.438 e. The second kappa shape index (κ2) is 6.69. The number of para-hydroxylation sites is 2. The number of aromatic amines is 1. The number of fused-ring (bicyclic) bond motifs is 2. The summed E-state index contributed by atoms with van der Waals surface area (Å²) in [7, 11) is -2.17. The van der Waals surface area contributed by atoms with Gasteiger partial charge in [-0.1, -0.05) is 12.1 Å². The van der Waals surface area contributed by atoms with Crippen LogP contribution in [0.15, 0.2) is 58.0 Å². The van der Waals surface area contributed by atoms with E-state index < -0.39 is 20.3 Å². The van der Waals surface area contributed by atoms with E-state index in [9.17, 15) is 13.6 Å². The number of hydrogen-bond acceptors (Lipinski definition) is 5. The Hall–Kier alpha value is -2.88. The molecule has 3 N–H and O–H groups in total. The highest BCUT2D eigenvalue weighted by Crippen LogP contribution is 2.22. The molecule has 0 amide bonds. The molecule has 9 heteroatoms. The Balaban J connectivity index is 2.09. The monoisotopic (exact) mass is 386 g/mol. The molecule has 8 nitrogen and oxygen atoms in total. The zero-order chi connectivity index (χ0) is 19.0. The molecule has 0 aliphatic rings. The van der Waals surface area contributed by atoms with Gasteiger partial charge in [-0.25, -0.2) is 8.18 Å². The van der Waals surface area contributed by atoms with Gasteiger partial charge in [0.25, 0.3) is 4.71 Å². The zero-order valence-corrected chi connectivity index (χ0v) is 15.3. The number of H-pyrrole nitrogens is 1. The maximum Gasteiger partial charge on any atom is 0.304 e. The second-order valence-corrected chi connectivity index (χ2v) is 7.80. The Morgan fingerprint density at radius 1 is 1.30 bits per heavy atom. The molecule has 0 fully saturated rings. The van der Waals surface area contributed by atoms with E-state index in [1.54, 1.807) is 48.8 Å². The molecule has 0 radical (unpaired) electrons. The van der Waals surface area contributed by atoms with Gasteiger partial charge in [0, 0.05) is 12.4 Å². The summed E-state index contributed by atoms with van der Waals surface area (Å²) in [6, 6.07) is 10.1. The van der Waals surface area contributed by atoms with E-state index in [0.29, 0.717) is 35.1 Å². The third-order valence-electron chi connectivity index (χ3n) is 4.28. The second-order valence-electron chi connectivity index (χ2n) is 6.04. The average molecular weight is 386 g/mol. The van der Waals surface area contributed by atoms with Crippen LogP contribution in [0.4, 0.5) is 0 Å². The van der Waals surface area contributed by atoms with Crippen molar-refractivity contribution in [1.82, 2.24) is 19.3 Å². The Kier molecular flexibility index (Phi) is 4.34. The molecule has 0 bridgehead atoms. The molecular formula is C18H18N4O4S. The van der Waals surface area contributed by atoms with Crippen LogP contribution in [0.3, 0.4) is 0 Å². The normalized spacial score (nSPS) is 13.9. The predicted octanol–water partition coefficient (Wildman–Crippen LogP) is 1.99. The van der Waals surface area contributed by atoms with E-state index in [4.69, 9.17) is 4.42 Å². The van der Waals surface area contributed by atoms with E-state index in [1.165, 1.54) is 3.97 Å². The smallest absolute Gasteiger partial charge is 0.304 e. The van der Waals surface area contributed by atoms with Crippen LogP contribution in [-0.2, 0) is 16.4 Å². The van der Waals surface area contributed by atoms with Gasteiger partial charge in [0.1, 0.15) is 0 Å². The van der Waals surface area contributed by atoms with Gasteiger partial charge < -0.3 is 14.7 Å². The minimum atomic E-state index is -4.00. The first-order valence-corrected chi connectivity index (χ1v) is 9.81. The van der Waals surface area contributed by atoms with Crippen LogP contribution >= 0.6 is 0 Å². The van der Waals surface area contributed by atoms with Gasteiger partial charge in [-0.3, -0.25) is 14.3 Å². The molecule has 0 aliphatic heterocycles. The highest BCUT2D eigenvalue weighted by molar-refractivity contribution is 7.88. The van der Waals surface area contributed by atoms with Crippen LogP contribution in [0.25, 0.3) is 22.1 Å². The standard InChI is InChI=1S/C18H18N4O4S/c1-19-10-8-12-11-22(14-6-4-9-20-16(12)14)27(24,25)18-17(23)21-13-5-2-3-7-15(13)26-18/h2-7,9,11,19H,8,10H2,1H3,(H,21,23)(H,24,25). The molecule has 0 saturated heterocycles. The van der Waals surface area contributed by atoms with Crippen molar-refractivity contribution in [2.45, 2.75) is 6.42 Å². The van der Waals surface area contributed by atoms with E-state index in [0.717, 1.165) is 5.56 Å². The first-order chi connectivity index (χ1) is 13.0. The van der Waals surface area contributed by atoms with Gasteiger partial charge in [0.15, 0.2) is 5.58 Å². The molecule has 1 atom stereocenters. The number of nitrogens with one attached hydrogen (secondary N) is 2. The minimum absolute atomic E-state index is 0.318. The van der Waals surface area contributed by atoms with Crippen molar-refractivity contribution in [2.24, 2.45) is 0 Å². The molecule has 0 saturated carbocycles. The lowest BCUT2D eigenvalue weighted by atomic mass is 10.2. The van der Waals surface area contributed by atoms with Crippen LogP contribution in [0.1, 0.15) is 5.56 Å². The lowest BCUT2D eigenvalue weighted by molar-refractivity contribution is 0.514. The number of hydrogen-bond donors (Lipinski definition) is 3. The quantitative estimate of drug-likeness (QED) is 0.462. The molecule has 3 aromatic heterocycles. The lowest BCUT2D eigenvalue weighted by Crippen LogP contribution is -2.19. The maximum atomic E-state index is 13.3. The Morgan fingerprint density at radius 3 is 2.93 bits per heavy atom. The fourth-order valence-electron chi connectivity index (χ4n) is 2.98. The summed E-state index contributed by atoms with van der Waals surface area (Å²) in [5, 5.41) is 3.05. The van der Waals surface area contributed by atoms with Crippen molar-refractivity contribution >= 4 is 32.1 Å². The number of nitrogens with zero attached hydrogens (tertiary/aromatic N) is 2. The molecule has 1 aromatic carbocycles. The van der Waals surface area contributed by atoms with Crippen LogP contribution in [0.2, 0.25) is 0 Å². The number of likely N-dealkylation sites (N-methyl/N-ethyl adjacent to an activating group) is 1. The van der Waals surface area contributed by atoms with Gasteiger partial charge >= 0.3 is 5.56 Å². The number of rotatable bonds is 4. The van der Waals surface area contributed by atoms with Gasteiger partial charge in [-0.2, -0.15) is 0 Å². The van der Waals surface area contributed by atoms with Crippen molar-refractivity contribution in [3.63, 3.8) is 0 Å². The average Bonchev–Trinajstić information content (AvgIpc) is 3.05. The summed E-state index contributed by atoms with van der Waals surface area (Å²) in [5.41, 5.74) is 1.90. The van der Waals surface area contributed by atoms with Gasteiger partial charge in [-0.15, -0.1) is 0 Å². The summed E-state index contributed by atoms with van der Waals surface area (Å²) in [4.78, 5) is 19.4. The summed E-state index contributed by atoms with van der Waals surface area (Å²) < 4.78 is 30.3. The molecular weight excluding hydrogens is 368 g/mol. The first kappa shape index (κ1) is 17.5. The molecule has 1 unspecified atom stereocenters.